The fraction of sp³-hybridized carbons (Fsp3) is 0.611. The van der Waals surface area contributed by atoms with Crippen LogP contribution in [0.1, 0.15) is 32.4 Å². The third-order valence-electron chi connectivity index (χ3n) is 4.76. The molecule has 0 radical (unpaired) electrons. The van der Waals surface area contributed by atoms with Gasteiger partial charge in [0, 0.05) is 6.54 Å². The van der Waals surface area contributed by atoms with Crippen LogP contribution in [0.25, 0.3) is 0 Å². The Labute approximate surface area is 180 Å². The van der Waals surface area contributed by atoms with Crippen molar-refractivity contribution in [3.63, 3.8) is 0 Å². The second-order valence-electron chi connectivity index (χ2n) is 8.40. The van der Waals surface area contributed by atoms with Crippen molar-refractivity contribution in [1.29, 1.82) is 0 Å². The zero-order valence-corrected chi connectivity index (χ0v) is 19.0. The van der Waals surface area contributed by atoms with Gasteiger partial charge in [-0.05, 0) is 23.1 Å². The summed E-state index contributed by atoms with van der Waals surface area (Å²) in [6, 6.07) is 4.68. The number of nitrogens with zero attached hydrogens (tertiary/aromatic N) is 1. The molecule has 1 aromatic carbocycles. The van der Waals surface area contributed by atoms with Crippen molar-refractivity contribution in [2.24, 2.45) is 5.41 Å². The average Bonchev–Trinajstić information content (AvgIpc) is 2.72. The van der Waals surface area contributed by atoms with Crippen molar-refractivity contribution in [3.8, 4) is 0 Å². The molecule has 1 fully saturated rings. The van der Waals surface area contributed by atoms with Crippen LogP contribution in [-0.2, 0) is 14.8 Å². The molecule has 2 rings (SSSR count). The fourth-order valence-corrected chi connectivity index (χ4v) is 3.92. The Morgan fingerprint density at radius 1 is 1.34 bits per heavy atom. The van der Waals surface area contributed by atoms with Crippen molar-refractivity contribution < 1.29 is 28.2 Å². The van der Waals surface area contributed by atoms with E-state index in [2.05, 4.69) is 4.72 Å². The highest BCUT2D eigenvalue weighted by molar-refractivity contribution is 7.88. The lowest BCUT2D eigenvalue weighted by molar-refractivity contribution is -0.138. The Balaban J connectivity index is 2.58. The number of halogens is 2. The molecule has 0 saturated carbocycles. The monoisotopic (exact) mass is 468 g/mol. The number of nitrogens with one attached hydrogen (secondary N) is 1. The second-order valence-corrected chi connectivity index (χ2v) is 11.1. The lowest BCUT2D eigenvalue weighted by Gasteiger charge is -2.37. The van der Waals surface area contributed by atoms with E-state index in [-0.39, 0.29) is 18.1 Å². The van der Waals surface area contributed by atoms with Crippen molar-refractivity contribution in [2.75, 3.05) is 25.9 Å². The van der Waals surface area contributed by atoms with E-state index in [9.17, 15) is 23.4 Å². The molecule has 11 heteroatoms. The number of rotatable bonds is 4. The van der Waals surface area contributed by atoms with Crippen molar-refractivity contribution in [2.45, 2.75) is 38.6 Å². The summed E-state index contributed by atoms with van der Waals surface area (Å²) in [5.41, 5.74) is -1.89. The van der Waals surface area contributed by atoms with E-state index in [0.29, 0.717) is 10.6 Å². The molecular weight excluding hydrogens is 443 g/mol. The van der Waals surface area contributed by atoms with Gasteiger partial charge in [-0.3, -0.25) is 0 Å². The first-order valence-corrected chi connectivity index (χ1v) is 11.5. The smallest absolute Gasteiger partial charge is 0.407 e. The number of hydrogen-bond donors (Lipinski definition) is 3. The summed E-state index contributed by atoms with van der Waals surface area (Å²) < 4.78 is 31.8. The minimum atomic E-state index is -3.65. The summed E-state index contributed by atoms with van der Waals surface area (Å²) >= 11 is 12.1. The van der Waals surface area contributed by atoms with Crippen LogP contribution in [0.5, 0.6) is 0 Å². The molecule has 1 saturated heterocycles. The molecule has 0 aliphatic carbocycles. The Bertz CT molecular complexity index is 874. The highest BCUT2D eigenvalue weighted by Gasteiger charge is 2.48. The van der Waals surface area contributed by atoms with Crippen LogP contribution in [0, 0.1) is 5.41 Å². The molecule has 3 unspecified atom stereocenters. The molecule has 0 aromatic heterocycles. The minimum absolute atomic E-state index is 0.0117. The van der Waals surface area contributed by atoms with Gasteiger partial charge in [-0.1, -0.05) is 50.0 Å². The van der Waals surface area contributed by atoms with Gasteiger partial charge in [0.1, 0.15) is 11.7 Å². The van der Waals surface area contributed by atoms with Gasteiger partial charge < -0.3 is 19.8 Å². The van der Waals surface area contributed by atoms with Gasteiger partial charge in [-0.2, -0.15) is 0 Å². The molecule has 8 nitrogen and oxygen atoms in total. The summed E-state index contributed by atoms with van der Waals surface area (Å²) in [7, 11) is -3.65. The van der Waals surface area contributed by atoms with Crippen LogP contribution in [0.15, 0.2) is 18.2 Å². The molecule has 0 spiro atoms. The number of sulfonamides is 1. The summed E-state index contributed by atoms with van der Waals surface area (Å²) in [4.78, 5) is 12.8. The molecule has 1 aliphatic rings. The minimum Gasteiger partial charge on any atom is -0.465 e. The van der Waals surface area contributed by atoms with Crippen LogP contribution in [0.2, 0.25) is 10.0 Å². The van der Waals surface area contributed by atoms with E-state index >= 15 is 0 Å². The predicted octanol–water partition coefficient (Wildman–Crippen LogP) is 2.74. The Kier molecular flexibility index (Phi) is 7.14. The van der Waals surface area contributed by atoms with Crippen LogP contribution >= 0.6 is 23.2 Å². The number of aliphatic hydroxyl groups is 1. The van der Waals surface area contributed by atoms with E-state index in [1.54, 1.807) is 12.1 Å². The SMILES string of the molecule is CC(C)(C)C1CN(C(=O)O)CC(O)(CNS(C)(=O)=O)C(c2ccc(Cl)c(Cl)c2)O1. The number of amides is 1. The number of ether oxygens (including phenoxy) is 1. The Morgan fingerprint density at radius 3 is 2.45 bits per heavy atom. The molecular formula is C18H26Cl2N2O6S. The van der Waals surface area contributed by atoms with Gasteiger partial charge in [-0.25, -0.2) is 17.9 Å². The largest absolute Gasteiger partial charge is 0.465 e. The normalized spacial score (nSPS) is 26.2. The summed E-state index contributed by atoms with van der Waals surface area (Å²) in [5.74, 6) is 0. The van der Waals surface area contributed by atoms with E-state index < -0.39 is 45.9 Å². The lowest BCUT2D eigenvalue weighted by Crippen LogP contribution is -2.54. The maximum absolute atomic E-state index is 11.8. The number of β-amino-alcohol motifs (C(OH)–C–C–N with tert-alkyl or cyclic N) is 1. The predicted molar refractivity (Wildman–Crippen MR) is 111 cm³/mol. The molecule has 164 valence electrons. The zero-order valence-electron chi connectivity index (χ0n) is 16.6. The first-order valence-electron chi connectivity index (χ1n) is 8.88. The average molecular weight is 469 g/mol. The van der Waals surface area contributed by atoms with Gasteiger partial charge >= 0.3 is 6.09 Å². The summed E-state index contributed by atoms with van der Waals surface area (Å²) in [5, 5.41) is 21.6. The van der Waals surface area contributed by atoms with Crippen molar-refractivity contribution in [1.82, 2.24) is 9.62 Å². The highest BCUT2D eigenvalue weighted by Crippen LogP contribution is 2.40. The van der Waals surface area contributed by atoms with Crippen LogP contribution in [0.4, 0.5) is 4.79 Å². The first-order chi connectivity index (χ1) is 13.1. The van der Waals surface area contributed by atoms with Crippen LogP contribution in [0.3, 0.4) is 0 Å². The van der Waals surface area contributed by atoms with Gasteiger partial charge in [0.25, 0.3) is 0 Å². The van der Waals surface area contributed by atoms with Crippen molar-refractivity contribution in [3.05, 3.63) is 33.8 Å². The third kappa shape index (κ3) is 6.19. The quantitative estimate of drug-likeness (QED) is 0.625. The Hall–Kier alpha value is -1.10. The summed E-state index contributed by atoms with van der Waals surface area (Å²) in [6.07, 6.45) is -1.92. The van der Waals surface area contributed by atoms with Gasteiger partial charge in [-0.15, -0.1) is 0 Å². The molecule has 0 bridgehead atoms. The van der Waals surface area contributed by atoms with Gasteiger partial charge in [0.2, 0.25) is 10.0 Å². The second kappa shape index (κ2) is 8.56. The van der Waals surface area contributed by atoms with Gasteiger partial charge in [0.15, 0.2) is 0 Å². The molecule has 1 amide bonds. The van der Waals surface area contributed by atoms with E-state index in [4.69, 9.17) is 27.9 Å². The summed E-state index contributed by atoms with van der Waals surface area (Å²) in [6.45, 7) is 4.88. The van der Waals surface area contributed by atoms with E-state index in [1.807, 2.05) is 20.8 Å². The lowest BCUT2D eigenvalue weighted by atomic mass is 9.88. The fourth-order valence-electron chi connectivity index (χ4n) is 3.10. The zero-order chi connectivity index (χ0) is 22.2. The number of benzene rings is 1. The maximum atomic E-state index is 11.8. The Morgan fingerprint density at radius 2 is 1.97 bits per heavy atom. The van der Waals surface area contributed by atoms with Crippen LogP contribution in [-0.4, -0.2) is 67.2 Å². The molecule has 1 heterocycles. The highest BCUT2D eigenvalue weighted by atomic mass is 35.5. The molecule has 29 heavy (non-hydrogen) atoms. The molecule has 1 aromatic rings. The third-order valence-corrected chi connectivity index (χ3v) is 6.17. The number of hydrogen-bond acceptors (Lipinski definition) is 5. The topological polar surface area (TPSA) is 116 Å². The van der Waals surface area contributed by atoms with Crippen molar-refractivity contribution >= 4 is 39.3 Å². The van der Waals surface area contributed by atoms with Crippen LogP contribution < -0.4 is 4.72 Å². The molecule has 3 atom stereocenters. The number of carbonyl (C=O) groups is 1. The molecule has 1 aliphatic heterocycles. The first kappa shape index (κ1) is 24.2. The van der Waals surface area contributed by atoms with Gasteiger partial charge in [0.05, 0.1) is 35.5 Å². The molecule has 3 N–H and O–H groups in total. The van der Waals surface area contributed by atoms with E-state index in [0.717, 1.165) is 11.2 Å². The standard InChI is InChI=1S/C18H26Cl2N2O6S/c1-17(2,3)14-8-22(16(23)24)10-18(25,9-21-29(4,26)27)15(28-14)11-5-6-12(19)13(20)7-11/h5-7,14-15,21,25H,8-10H2,1-4H3,(H,23,24). The number of carboxylic acid groups (broad SMARTS) is 1. The van der Waals surface area contributed by atoms with E-state index in [1.165, 1.54) is 6.07 Å². The maximum Gasteiger partial charge on any atom is 0.407 e.